The summed E-state index contributed by atoms with van der Waals surface area (Å²) in [6, 6.07) is 6.98. The van der Waals surface area contributed by atoms with E-state index in [4.69, 9.17) is 0 Å². The maximum Gasteiger partial charge on any atom is 0.253 e. The van der Waals surface area contributed by atoms with Crippen LogP contribution in [0.2, 0.25) is 0 Å². The monoisotopic (exact) mass is 349 g/mol. The van der Waals surface area contributed by atoms with Crippen molar-refractivity contribution in [3.63, 3.8) is 0 Å². The zero-order valence-corrected chi connectivity index (χ0v) is 15.5. The first kappa shape index (κ1) is 19.4. The van der Waals surface area contributed by atoms with Gasteiger partial charge >= 0.3 is 0 Å². The lowest BCUT2D eigenvalue weighted by atomic mass is 9.92. The highest BCUT2D eigenvalue weighted by atomic mass is 16.3. The molecule has 26 heavy (non-hydrogen) atoms. The van der Waals surface area contributed by atoms with Gasteiger partial charge in [-0.05, 0) is 50.3 Å². The van der Waals surface area contributed by atoms with E-state index in [9.17, 15) is 14.7 Å². The van der Waals surface area contributed by atoms with Crippen LogP contribution >= 0.6 is 0 Å². The Hall–Kier alpha value is -2.90. The number of hydrogen-bond acceptors (Lipinski definition) is 3. The normalized spacial score (nSPS) is 19.9. The molecule has 2 rings (SSSR count). The molecule has 1 aliphatic carbocycles. The van der Waals surface area contributed by atoms with Crippen LogP contribution in [0, 0.1) is 11.8 Å². The van der Waals surface area contributed by atoms with E-state index in [1.54, 1.807) is 50.5 Å². The Bertz CT molecular complexity index is 857. The largest absolute Gasteiger partial charge is 0.380 e. The van der Waals surface area contributed by atoms with Gasteiger partial charge in [0.15, 0.2) is 5.78 Å². The summed E-state index contributed by atoms with van der Waals surface area (Å²) in [6.07, 6.45) is 6.46. The molecule has 0 heterocycles. The predicted molar refractivity (Wildman–Crippen MR) is 103 cm³/mol. The smallest absolute Gasteiger partial charge is 0.253 e. The Morgan fingerprint density at radius 1 is 1.23 bits per heavy atom. The fourth-order valence-corrected chi connectivity index (χ4v) is 2.47. The standard InChI is InChI=1S/C22H23NO3/c1-16(2)7-12-19-20(24)13-15-22(19,26)14-5-6-17-8-10-18(11-9-17)21(25)23(3)4/h7-13,15,26H,14H2,1-4H3/b19-12-. The van der Waals surface area contributed by atoms with Crippen molar-refractivity contribution in [2.24, 2.45) is 0 Å². The quantitative estimate of drug-likeness (QED) is 0.674. The summed E-state index contributed by atoms with van der Waals surface area (Å²) in [5.74, 6) is 5.64. The third-order valence-corrected chi connectivity index (χ3v) is 3.95. The molecule has 1 aromatic carbocycles. The summed E-state index contributed by atoms with van der Waals surface area (Å²) in [6.45, 7) is 3.85. The maximum atomic E-state index is 12.0. The highest BCUT2D eigenvalue weighted by Gasteiger charge is 2.36. The molecule has 0 saturated heterocycles. The van der Waals surface area contributed by atoms with Crippen molar-refractivity contribution in [2.45, 2.75) is 25.9 Å². The number of ketones is 1. The fourth-order valence-electron chi connectivity index (χ4n) is 2.47. The molecule has 0 spiro atoms. The number of allylic oxidation sites excluding steroid dienone is 4. The highest BCUT2D eigenvalue weighted by Crippen LogP contribution is 2.29. The highest BCUT2D eigenvalue weighted by molar-refractivity contribution is 6.09. The fraction of sp³-hybridized carbons (Fsp3) is 0.273. The van der Waals surface area contributed by atoms with Crippen LogP contribution in [0.4, 0.5) is 0 Å². The van der Waals surface area contributed by atoms with Crippen molar-refractivity contribution in [1.29, 1.82) is 0 Å². The number of aliphatic hydroxyl groups is 1. The van der Waals surface area contributed by atoms with E-state index in [0.717, 1.165) is 11.1 Å². The molecule has 0 bridgehead atoms. The van der Waals surface area contributed by atoms with Crippen molar-refractivity contribution in [3.05, 3.63) is 70.8 Å². The molecule has 4 nitrogen and oxygen atoms in total. The molecule has 134 valence electrons. The zero-order valence-electron chi connectivity index (χ0n) is 15.5. The molecule has 1 atom stereocenters. The van der Waals surface area contributed by atoms with Crippen LogP contribution in [0.3, 0.4) is 0 Å². The number of benzene rings is 1. The SMILES string of the molecule is CC(C)=C/C=C1/C(=O)C=CC1(O)CC#Cc1ccc(C(=O)N(C)C)cc1. The number of rotatable bonds is 3. The molecule has 0 radical (unpaired) electrons. The molecule has 0 aromatic heterocycles. The number of carbonyl (C=O) groups is 2. The van der Waals surface area contributed by atoms with Crippen molar-refractivity contribution in [1.82, 2.24) is 4.90 Å². The van der Waals surface area contributed by atoms with Crippen LogP contribution < -0.4 is 0 Å². The van der Waals surface area contributed by atoms with Crippen molar-refractivity contribution in [3.8, 4) is 11.8 Å². The average Bonchev–Trinajstić information content (AvgIpc) is 2.87. The molecule has 0 saturated carbocycles. The second kappa shape index (κ2) is 7.99. The van der Waals surface area contributed by atoms with E-state index in [1.165, 1.54) is 17.1 Å². The molecular formula is C22H23NO3. The summed E-state index contributed by atoms with van der Waals surface area (Å²) in [5, 5.41) is 10.7. The third kappa shape index (κ3) is 4.59. The molecule has 4 heteroatoms. The van der Waals surface area contributed by atoms with Crippen LogP contribution in [0.15, 0.2) is 59.7 Å². The summed E-state index contributed by atoms with van der Waals surface area (Å²) < 4.78 is 0. The lowest BCUT2D eigenvalue weighted by molar-refractivity contribution is -0.112. The van der Waals surface area contributed by atoms with Gasteiger partial charge in [-0.25, -0.2) is 0 Å². The van der Waals surface area contributed by atoms with Gasteiger partial charge in [0.25, 0.3) is 5.91 Å². The molecule has 0 fully saturated rings. The van der Waals surface area contributed by atoms with Gasteiger partial charge in [0.1, 0.15) is 5.60 Å². The Labute approximate surface area is 154 Å². The maximum absolute atomic E-state index is 12.0. The van der Waals surface area contributed by atoms with Gasteiger partial charge in [0.05, 0.1) is 0 Å². The first-order chi connectivity index (χ1) is 12.2. The Morgan fingerprint density at radius 3 is 2.46 bits per heavy atom. The first-order valence-corrected chi connectivity index (χ1v) is 8.35. The third-order valence-electron chi connectivity index (χ3n) is 3.95. The number of carbonyl (C=O) groups excluding carboxylic acids is 2. The molecule has 1 aromatic rings. The van der Waals surface area contributed by atoms with Crippen molar-refractivity contribution in [2.75, 3.05) is 14.1 Å². The topological polar surface area (TPSA) is 57.6 Å². The van der Waals surface area contributed by atoms with Crippen LogP contribution in [0.1, 0.15) is 36.2 Å². The number of nitrogens with zero attached hydrogens (tertiary/aromatic N) is 1. The molecule has 1 N–H and O–H groups in total. The Kier molecular flexibility index (Phi) is 5.97. The zero-order chi connectivity index (χ0) is 19.3. The van der Waals surface area contributed by atoms with E-state index in [2.05, 4.69) is 11.8 Å². The summed E-state index contributed by atoms with van der Waals surface area (Å²) in [4.78, 5) is 25.3. The molecular weight excluding hydrogens is 326 g/mol. The van der Waals surface area contributed by atoms with Crippen LogP contribution in [0.25, 0.3) is 0 Å². The van der Waals surface area contributed by atoms with Crippen LogP contribution in [-0.2, 0) is 4.79 Å². The van der Waals surface area contributed by atoms with Gasteiger partial charge in [-0.15, -0.1) is 0 Å². The summed E-state index contributed by atoms with van der Waals surface area (Å²) in [5.41, 5.74) is 1.34. The van der Waals surface area contributed by atoms with Crippen molar-refractivity contribution >= 4 is 11.7 Å². The van der Waals surface area contributed by atoms with Gasteiger partial charge < -0.3 is 10.0 Å². The summed E-state index contributed by atoms with van der Waals surface area (Å²) >= 11 is 0. The Morgan fingerprint density at radius 2 is 1.88 bits per heavy atom. The van der Waals surface area contributed by atoms with Crippen LogP contribution in [0.5, 0.6) is 0 Å². The lowest BCUT2D eigenvalue weighted by Gasteiger charge is -2.19. The van der Waals surface area contributed by atoms with Crippen LogP contribution in [-0.4, -0.2) is 41.4 Å². The predicted octanol–water partition coefficient (Wildman–Crippen LogP) is 2.89. The first-order valence-electron chi connectivity index (χ1n) is 8.35. The molecule has 1 amide bonds. The molecule has 1 aliphatic rings. The van der Waals surface area contributed by atoms with Gasteiger partial charge in [0, 0.05) is 37.2 Å². The molecule has 0 aliphatic heterocycles. The minimum absolute atomic E-state index is 0.0672. The van der Waals surface area contributed by atoms with Gasteiger partial charge in [-0.2, -0.15) is 0 Å². The average molecular weight is 349 g/mol. The van der Waals surface area contributed by atoms with E-state index in [1.807, 2.05) is 13.8 Å². The second-order valence-electron chi connectivity index (χ2n) is 6.70. The van der Waals surface area contributed by atoms with E-state index >= 15 is 0 Å². The summed E-state index contributed by atoms with van der Waals surface area (Å²) in [7, 11) is 3.40. The van der Waals surface area contributed by atoms with E-state index in [-0.39, 0.29) is 18.1 Å². The van der Waals surface area contributed by atoms with E-state index in [0.29, 0.717) is 11.1 Å². The second-order valence-corrected chi connectivity index (χ2v) is 6.70. The number of amides is 1. The van der Waals surface area contributed by atoms with E-state index < -0.39 is 5.60 Å². The van der Waals surface area contributed by atoms with Crippen molar-refractivity contribution < 1.29 is 14.7 Å². The Balaban J connectivity index is 2.14. The molecule has 1 unspecified atom stereocenters. The minimum Gasteiger partial charge on any atom is -0.380 e. The van der Waals surface area contributed by atoms with Gasteiger partial charge in [-0.3, -0.25) is 9.59 Å². The minimum atomic E-state index is -1.36. The lowest BCUT2D eigenvalue weighted by Crippen LogP contribution is -2.27. The van der Waals surface area contributed by atoms with Gasteiger partial charge in [0.2, 0.25) is 0 Å². The number of hydrogen-bond donors (Lipinski definition) is 1. The van der Waals surface area contributed by atoms with Gasteiger partial charge in [-0.1, -0.05) is 29.6 Å².